The summed E-state index contributed by atoms with van der Waals surface area (Å²) < 4.78 is 5.09. The van der Waals surface area contributed by atoms with Crippen molar-refractivity contribution in [2.24, 2.45) is 11.7 Å². The summed E-state index contributed by atoms with van der Waals surface area (Å²) in [6, 6.07) is 0. The van der Waals surface area contributed by atoms with Gasteiger partial charge >= 0.3 is 0 Å². The van der Waals surface area contributed by atoms with Crippen LogP contribution in [0.15, 0.2) is 0 Å². The first-order chi connectivity index (χ1) is 6.77. The lowest BCUT2D eigenvalue weighted by molar-refractivity contribution is -0.137. The summed E-state index contributed by atoms with van der Waals surface area (Å²) in [5.74, 6) is 0.716. The molecule has 0 bridgehead atoms. The second-order valence-corrected chi connectivity index (χ2v) is 3.70. The highest BCUT2D eigenvalue weighted by atomic mass is 16.5. The topological polar surface area (TPSA) is 55.6 Å². The molecule has 82 valence electrons. The van der Waals surface area contributed by atoms with E-state index in [9.17, 15) is 4.79 Å². The largest absolute Gasteiger partial charge is 0.372 e. The predicted molar refractivity (Wildman–Crippen MR) is 54.9 cm³/mol. The number of piperidine rings is 1. The molecule has 1 fully saturated rings. The molecule has 1 aliphatic heterocycles. The van der Waals surface area contributed by atoms with Gasteiger partial charge in [-0.25, -0.2) is 0 Å². The van der Waals surface area contributed by atoms with E-state index in [4.69, 9.17) is 10.5 Å². The van der Waals surface area contributed by atoms with Crippen LogP contribution >= 0.6 is 0 Å². The van der Waals surface area contributed by atoms with Crippen molar-refractivity contribution in [3.8, 4) is 0 Å². The van der Waals surface area contributed by atoms with Gasteiger partial charge in [-0.3, -0.25) is 4.79 Å². The quantitative estimate of drug-likeness (QED) is 0.706. The number of ether oxygens (including phenoxy) is 1. The van der Waals surface area contributed by atoms with E-state index in [1.807, 2.05) is 11.8 Å². The third-order valence-corrected chi connectivity index (χ3v) is 2.73. The predicted octanol–water partition coefficient (Wildman–Crippen LogP) is 0.220. The Morgan fingerprint density at radius 3 is 2.64 bits per heavy atom. The van der Waals surface area contributed by atoms with Gasteiger partial charge in [0.1, 0.15) is 6.61 Å². The highest BCUT2D eigenvalue weighted by Gasteiger charge is 2.21. The van der Waals surface area contributed by atoms with Crippen LogP contribution in [0.3, 0.4) is 0 Å². The Labute approximate surface area is 85.4 Å². The van der Waals surface area contributed by atoms with Crippen LogP contribution in [-0.2, 0) is 9.53 Å². The summed E-state index contributed by atoms with van der Waals surface area (Å²) in [6.45, 7) is 5.15. The molecule has 14 heavy (non-hydrogen) atoms. The van der Waals surface area contributed by atoms with Crippen molar-refractivity contribution in [2.45, 2.75) is 19.8 Å². The molecule has 1 rings (SSSR count). The van der Waals surface area contributed by atoms with Gasteiger partial charge in [0.05, 0.1) is 0 Å². The normalized spacial score (nSPS) is 18.6. The lowest BCUT2D eigenvalue weighted by Gasteiger charge is -2.31. The number of carbonyl (C=O) groups is 1. The van der Waals surface area contributed by atoms with Gasteiger partial charge < -0.3 is 15.4 Å². The summed E-state index contributed by atoms with van der Waals surface area (Å²) in [5.41, 5.74) is 5.58. The average molecular weight is 200 g/mol. The lowest BCUT2D eigenvalue weighted by Crippen LogP contribution is -2.41. The van der Waals surface area contributed by atoms with Crippen molar-refractivity contribution < 1.29 is 9.53 Å². The van der Waals surface area contributed by atoms with Gasteiger partial charge in [0.25, 0.3) is 0 Å². The van der Waals surface area contributed by atoms with Crippen LogP contribution in [0.1, 0.15) is 19.8 Å². The molecule has 0 aromatic rings. The zero-order valence-electron chi connectivity index (χ0n) is 8.87. The fraction of sp³-hybridized carbons (Fsp3) is 0.900. The Morgan fingerprint density at radius 2 is 2.14 bits per heavy atom. The van der Waals surface area contributed by atoms with Crippen molar-refractivity contribution in [2.75, 3.05) is 32.8 Å². The second-order valence-electron chi connectivity index (χ2n) is 3.70. The van der Waals surface area contributed by atoms with Crippen LogP contribution in [0.4, 0.5) is 0 Å². The van der Waals surface area contributed by atoms with Crippen molar-refractivity contribution in [3.05, 3.63) is 0 Å². The molecule has 0 unspecified atom stereocenters. The summed E-state index contributed by atoms with van der Waals surface area (Å²) in [5, 5.41) is 0. The zero-order chi connectivity index (χ0) is 10.4. The summed E-state index contributed by atoms with van der Waals surface area (Å²) >= 11 is 0. The molecule has 0 saturated carbocycles. The van der Waals surface area contributed by atoms with E-state index < -0.39 is 0 Å². The Balaban J connectivity index is 2.23. The van der Waals surface area contributed by atoms with Crippen LogP contribution in [0.2, 0.25) is 0 Å². The molecule has 4 heteroatoms. The van der Waals surface area contributed by atoms with Crippen molar-refractivity contribution in [1.29, 1.82) is 0 Å². The average Bonchev–Trinajstić information content (AvgIpc) is 2.26. The Hall–Kier alpha value is -0.610. The van der Waals surface area contributed by atoms with Crippen LogP contribution in [0.25, 0.3) is 0 Å². The van der Waals surface area contributed by atoms with E-state index in [0.717, 1.165) is 32.5 Å². The van der Waals surface area contributed by atoms with Crippen LogP contribution < -0.4 is 5.73 Å². The molecular weight excluding hydrogens is 180 g/mol. The van der Waals surface area contributed by atoms with Crippen molar-refractivity contribution in [1.82, 2.24) is 4.90 Å². The van der Waals surface area contributed by atoms with Crippen molar-refractivity contribution >= 4 is 5.91 Å². The molecule has 0 atom stereocenters. The van der Waals surface area contributed by atoms with Gasteiger partial charge in [-0.05, 0) is 32.2 Å². The molecule has 0 radical (unpaired) electrons. The van der Waals surface area contributed by atoms with E-state index in [1.54, 1.807) is 0 Å². The molecule has 0 spiro atoms. The first-order valence-corrected chi connectivity index (χ1v) is 5.33. The van der Waals surface area contributed by atoms with E-state index in [-0.39, 0.29) is 12.5 Å². The number of hydrogen-bond acceptors (Lipinski definition) is 3. The molecule has 2 N–H and O–H groups in total. The van der Waals surface area contributed by atoms with Gasteiger partial charge in [0, 0.05) is 19.7 Å². The van der Waals surface area contributed by atoms with Gasteiger partial charge in [0.15, 0.2) is 0 Å². The van der Waals surface area contributed by atoms with E-state index in [2.05, 4.69) is 0 Å². The molecule has 1 aliphatic rings. The van der Waals surface area contributed by atoms with E-state index >= 15 is 0 Å². The molecule has 0 aromatic carbocycles. The monoisotopic (exact) mass is 200 g/mol. The summed E-state index contributed by atoms with van der Waals surface area (Å²) in [7, 11) is 0. The maximum atomic E-state index is 11.5. The fourth-order valence-corrected chi connectivity index (χ4v) is 1.70. The highest BCUT2D eigenvalue weighted by molar-refractivity contribution is 5.77. The lowest BCUT2D eigenvalue weighted by atomic mass is 9.97. The van der Waals surface area contributed by atoms with E-state index in [0.29, 0.717) is 12.5 Å². The minimum Gasteiger partial charge on any atom is -0.372 e. The molecule has 1 heterocycles. The van der Waals surface area contributed by atoms with Gasteiger partial charge in [-0.2, -0.15) is 0 Å². The molecule has 0 aliphatic carbocycles. The van der Waals surface area contributed by atoms with Crippen LogP contribution in [-0.4, -0.2) is 43.7 Å². The third-order valence-electron chi connectivity index (χ3n) is 2.73. The zero-order valence-corrected chi connectivity index (χ0v) is 8.87. The molecule has 1 amide bonds. The maximum absolute atomic E-state index is 11.5. The van der Waals surface area contributed by atoms with Gasteiger partial charge in [-0.15, -0.1) is 0 Å². The summed E-state index contributed by atoms with van der Waals surface area (Å²) in [4.78, 5) is 13.4. The smallest absolute Gasteiger partial charge is 0.248 e. The summed E-state index contributed by atoms with van der Waals surface area (Å²) in [6.07, 6.45) is 2.07. The first kappa shape index (κ1) is 11.5. The van der Waals surface area contributed by atoms with Crippen molar-refractivity contribution in [3.63, 3.8) is 0 Å². The molecule has 0 aromatic heterocycles. The number of hydrogen-bond donors (Lipinski definition) is 1. The Kier molecular flexibility index (Phi) is 4.90. The van der Waals surface area contributed by atoms with Gasteiger partial charge in [-0.1, -0.05) is 0 Å². The standard InChI is InChI=1S/C10H20N2O2/c1-2-14-8-10(13)12-5-3-9(7-11)4-6-12/h9H,2-8,11H2,1H3. The Bertz CT molecular complexity index is 177. The number of nitrogens with zero attached hydrogens (tertiary/aromatic N) is 1. The first-order valence-electron chi connectivity index (χ1n) is 5.33. The maximum Gasteiger partial charge on any atom is 0.248 e. The second kappa shape index (κ2) is 5.98. The minimum atomic E-state index is 0.113. The van der Waals surface area contributed by atoms with E-state index in [1.165, 1.54) is 0 Å². The molecular formula is C10H20N2O2. The molecule has 1 saturated heterocycles. The number of carbonyl (C=O) groups excluding carboxylic acids is 1. The van der Waals surface area contributed by atoms with Crippen LogP contribution in [0, 0.1) is 5.92 Å². The number of rotatable bonds is 4. The number of nitrogens with two attached hydrogens (primary N) is 1. The fourth-order valence-electron chi connectivity index (χ4n) is 1.70. The van der Waals surface area contributed by atoms with Gasteiger partial charge in [0.2, 0.25) is 5.91 Å². The minimum absolute atomic E-state index is 0.113. The molecule has 4 nitrogen and oxygen atoms in total. The number of amides is 1. The third kappa shape index (κ3) is 3.27. The highest BCUT2D eigenvalue weighted by Crippen LogP contribution is 2.15. The SMILES string of the molecule is CCOCC(=O)N1CCC(CN)CC1. The Morgan fingerprint density at radius 1 is 1.50 bits per heavy atom. The van der Waals surface area contributed by atoms with Crippen LogP contribution in [0.5, 0.6) is 0 Å². The number of likely N-dealkylation sites (tertiary alicyclic amines) is 1.